The summed E-state index contributed by atoms with van der Waals surface area (Å²) < 4.78 is 5.54. The molecule has 0 heterocycles. The van der Waals surface area contributed by atoms with Gasteiger partial charge < -0.3 is 10.1 Å². The lowest BCUT2D eigenvalue weighted by Gasteiger charge is -2.23. The smallest absolute Gasteiger partial charge is 0.124 e. The van der Waals surface area contributed by atoms with Crippen LogP contribution >= 0.6 is 11.6 Å². The molecule has 0 saturated heterocycles. The number of benzene rings is 2. The van der Waals surface area contributed by atoms with Crippen LogP contribution in [-0.2, 0) is 0 Å². The fourth-order valence-corrected chi connectivity index (χ4v) is 2.80. The highest BCUT2D eigenvalue weighted by Crippen LogP contribution is 2.35. The van der Waals surface area contributed by atoms with Crippen molar-refractivity contribution in [2.45, 2.75) is 26.8 Å². The lowest BCUT2D eigenvalue weighted by Crippen LogP contribution is -2.23. The maximum absolute atomic E-state index is 6.53. The number of rotatable bonds is 5. The van der Waals surface area contributed by atoms with Crippen molar-refractivity contribution >= 4 is 11.6 Å². The molecule has 0 fully saturated rings. The highest BCUT2D eigenvalue weighted by Gasteiger charge is 2.20. The molecule has 1 atom stereocenters. The van der Waals surface area contributed by atoms with Gasteiger partial charge in [0.25, 0.3) is 0 Å². The summed E-state index contributed by atoms with van der Waals surface area (Å²) in [4.78, 5) is 0. The topological polar surface area (TPSA) is 21.3 Å². The number of methoxy groups -OCH3 is 1. The first-order valence-electron chi connectivity index (χ1n) is 7.21. The van der Waals surface area contributed by atoms with Crippen LogP contribution in [0.4, 0.5) is 0 Å². The number of hydrogen-bond donors (Lipinski definition) is 1. The molecule has 21 heavy (non-hydrogen) atoms. The Morgan fingerprint density at radius 3 is 2.57 bits per heavy atom. The fourth-order valence-electron chi connectivity index (χ4n) is 2.56. The van der Waals surface area contributed by atoms with E-state index in [2.05, 4.69) is 37.4 Å². The summed E-state index contributed by atoms with van der Waals surface area (Å²) in [5, 5.41) is 4.33. The van der Waals surface area contributed by atoms with E-state index in [1.807, 2.05) is 25.1 Å². The number of aryl methyl sites for hydroxylation is 2. The molecule has 0 bridgehead atoms. The summed E-state index contributed by atoms with van der Waals surface area (Å²) in [7, 11) is 1.70. The van der Waals surface area contributed by atoms with E-state index in [1.54, 1.807) is 7.11 Å². The largest absolute Gasteiger partial charge is 0.496 e. The van der Waals surface area contributed by atoms with Crippen LogP contribution in [0.5, 0.6) is 5.75 Å². The standard InChI is InChI=1S/C18H22ClNO/c1-5-20-18(14-8-6-7-13(3)17(14)19)15-11-12(2)9-10-16(15)21-4/h6-11,18,20H,5H2,1-4H3. The van der Waals surface area contributed by atoms with E-state index in [-0.39, 0.29) is 6.04 Å². The second kappa shape index (κ2) is 6.97. The van der Waals surface area contributed by atoms with Crippen LogP contribution in [0, 0.1) is 13.8 Å². The molecule has 0 aliphatic carbocycles. The van der Waals surface area contributed by atoms with Crippen LogP contribution in [0.2, 0.25) is 5.02 Å². The van der Waals surface area contributed by atoms with E-state index in [0.29, 0.717) is 0 Å². The Morgan fingerprint density at radius 1 is 1.14 bits per heavy atom. The molecule has 3 heteroatoms. The Balaban J connectivity index is 2.58. The van der Waals surface area contributed by atoms with Gasteiger partial charge in [0.2, 0.25) is 0 Å². The quantitative estimate of drug-likeness (QED) is 0.867. The third-order valence-electron chi connectivity index (χ3n) is 3.64. The molecule has 112 valence electrons. The zero-order chi connectivity index (χ0) is 15.4. The van der Waals surface area contributed by atoms with Gasteiger partial charge in [-0.2, -0.15) is 0 Å². The molecule has 2 aromatic rings. The SMILES string of the molecule is CCNC(c1cc(C)ccc1OC)c1cccc(C)c1Cl. The minimum Gasteiger partial charge on any atom is -0.496 e. The van der Waals surface area contributed by atoms with E-state index >= 15 is 0 Å². The van der Waals surface area contributed by atoms with Crippen molar-refractivity contribution in [2.75, 3.05) is 13.7 Å². The van der Waals surface area contributed by atoms with Crippen molar-refractivity contribution in [1.82, 2.24) is 5.32 Å². The van der Waals surface area contributed by atoms with Crippen molar-refractivity contribution in [2.24, 2.45) is 0 Å². The first kappa shape index (κ1) is 15.9. The highest BCUT2D eigenvalue weighted by molar-refractivity contribution is 6.32. The molecular formula is C18H22ClNO. The second-order valence-electron chi connectivity index (χ2n) is 5.21. The predicted molar refractivity (Wildman–Crippen MR) is 89.4 cm³/mol. The minimum atomic E-state index is 0.0252. The first-order valence-corrected chi connectivity index (χ1v) is 7.59. The summed E-state index contributed by atoms with van der Waals surface area (Å²) in [6.45, 7) is 7.07. The van der Waals surface area contributed by atoms with Gasteiger partial charge in [0.1, 0.15) is 5.75 Å². The Labute approximate surface area is 132 Å². The Kier molecular flexibility index (Phi) is 5.27. The molecule has 0 aliphatic rings. The molecule has 0 radical (unpaired) electrons. The van der Waals surface area contributed by atoms with Crippen LogP contribution in [0.25, 0.3) is 0 Å². The van der Waals surface area contributed by atoms with Crippen molar-refractivity contribution in [3.63, 3.8) is 0 Å². The first-order chi connectivity index (χ1) is 10.1. The summed E-state index contributed by atoms with van der Waals surface area (Å²) in [6.07, 6.45) is 0. The van der Waals surface area contributed by atoms with Gasteiger partial charge in [0.15, 0.2) is 0 Å². The van der Waals surface area contributed by atoms with Crippen LogP contribution in [0.15, 0.2) is 36.4 Å². The fraction of sp³-hybridized carbons (Fsp3) is 0.333. The molecule has 2 rings (SSSR count). The number of halogens is 1. The highest BCUT2D eigenvalue weighted by atomic mass is 35.5. The molecule has 1 unspecified atom stereocenters. The van der Waals surface area contributed by atoms with Crippen molar-refractivity contribution in [3.8, 4) is 5.75 Å². The molecule has 2 nitrogen and oxygen atoms in total. The van der Waals surface area contributed by atoms with E-state index in [0.717, 1.165) is 34.0 Å². The number of nitrogens with one attached hydrogen (secondary N) is 1. The van der Waals surface area contributed by atoms with Gasteiger partial charge in [-0.05, 0) is 37.6 Å². The summed E-state index contributed by atoms with van der Waals surface area (Å²) >= 11 is 6.53. The lowest BCUT2D eigenvalue weighted by molar-refractivity contribution is 0.404. The third-order valence-corrected chi connectivity index (χ3v) is 4.15. The summed E-state index contributed by atoms with van der Waals surface area (Å²) in [5.74, 6) is 0.879. The van der Waals surface area contributed by atoms with Crippen LogP contribution < -0.4 is 10.1 Å². The maximum Gasteiger partial charge on any atom is 0.124 e. The summed E-state index contributed by atoms with van der Waals surface area (Å²) in [6, 6.07) is 12.4. The molecule has 1 N–H and O–H groups in total. The van der Waals surface area contributed by atoms with Crippen LogP contribution in [-0.4, -0.2) is 13.7 Å². The van der Waals surface area contributed by atoms with Gasteiger partial charge >= 0.3 is 0 Å². The van der Waals surface area contributed by atoms with Gasteiger partial charge in [0.05, 0.1) is 13.2 Å². The van der Waals surface area contributed by atoms with E-state index in [9.17, 15) is 0 Å². The minimum absolute atomic E-state index is 0.0252. The average molecular weight is 304 g/mol. The van der Waals surface area contributed by atoms with Crippen LogP contribution in [0.3, 0.4) is 0 Å². The zero-order valence-corrected chi connectivity index (χ0v) is 13.8. The monoisotopic (exact) mass is 303 g/mol. The molecule has 2 aromatic carbocycles. The lowest BCUT2D eigenvalue weighted by atomic mass is 9.95. The van der Waals surface area contributed by atoms with E-state index < -0.39 is 0 Å². The number of hydrogen-bond acceptors (Lipinski definition) is 2. The van der Waals surface area contributed by atoms with E-state index in [1.165, 1.54) is 5.56 Å². The normalized spacial score (nSPS) is 12.2. The predicted octanol–water partition coefficient (Wildman–Crippen LogP) is 4.66. The Morgan fingerprint density at radius 2 is 1.90 bits per heavy atom. The molecule has 0 saturated carbocycles. The molecular weight excluding hydrogens is 282 g/mol. The van der Waals surface area contributed by atoms with Crippen molar-refractivity contribution in [1.29, 1.82) is 0 Å². The molecule has 0 aliphatic heterocycles. The van der Waals surface area contributed by atoms with E-state index in [4.69, 9.17) is 16.3 Å². The van der Waals surface area contributed by atoms with Gasteiger partial charge in [-0.25, -0.2) is 0 Å². The van der Waals surface area contributed by atoms with Crippen molar-refractivity contribution < 1.29 is 4.74 Å². The second-order valence-corrected chi connectivity index (χ2v) is 5.59. The molecule has 0 aromatic heterocycles. The van der Waals surface area contributed by atoms with Crippen LogP contribution in [0.1, 0.15) is 35.2 Å². The van der Waals surface area contributed by atoms with Gasteiger partial charge in [-0.1, -0.05) is 54.4 Å². The zero-order valence-electron chi connectivity index (χ0n) is 13.0. The van der Waals surface area contributed by atoms with Gasteiger partial charge in [-0.15, -0.1) is 0 Å². The van der Waals surface area contributed by atoms with Gasteiger partial charge in [-0.3, -0.25) is 0 Å². The molecule has 0 spiro atoms. The average Bonchev–Trinajstić information content (AvgIpc) is 2.48. The maximum atomic E-state index is 6.53. The Bertz CT molecular complexity index is 625. The number of ether oxygens (including phenoxy) is 1. The summed E-state index contributed by atoms with van der Waals surface area (Å²) in [5.41, 5.74) is 4.50. The van der Waals surface area contributed by atoms with Gasteiger partial charge in [0, 0.05) is 10.6 Å². The third kappa shape index (κ3) is 3.39. The Hall–Kier alpha value is -1.51. The molecule has 0 amide bonds. The van der Waals surface area contributed by atoms with Crippen molar-refractivity contribution in [3.05, 3.63) is 63.7 Å².